The third-order valence-corrected chi connectivity index (χ3v) is 4.19. The number of benzene rings is 2. The SMILES string of the molecule is CC[C@@H](Oc1cccc(Cl)c1)C(=O)NCCOc1cccc(C)c1C. The van der Waals surface area contributed by atoms with Crippen molar-refractivity contribution in [1.29, 1.82) is 0 Å². The summed E-state index contributed by atoms with van der Waals surface area (Å²) in [4.78, 5) is 12.3. The average molecular weight is 362 g/mol. The first-order chi connectivity index (χ1) is 12.0. The van der Waals surface area contributed by atoms with Gasteiger partial charge in [0.15, 0.2) is 6.10 Å². The molecule has 1 amide bonds. The van der Waals surface area contributed by atoms with E-state index in [0.29, 0.717) is 30.3 Å². The predicted octanol–water partition coefficient (Wildman–Crippen LogP) is 4.31. The van der Waals surface area contributed by atoms with E-state index in [1.54, 1.807) is 24.3 Å². The molecular formula is C20H24ClNO3. The Balaban J connectivity index is 1.81. The normalized spacial score (nSPS) is 11.7. The summed E-state index contributed by atoms with van der Waals surface area (Å²) in [5, 5.41) is 3.43. The van der Waals surface area contributed by atoms with Crippen molar-refractivity contribution in [2.45, 2.75) is 33.3 Å². The molecule has 2 rings (SSSR count). The number of carbonyl (C=O) groups excluding carboxylic acids is 1. The van der Waals surface area contributed by atoms with Crippen molar-refractivity contribution in [3.8, 4) is 11.5 Å². The first-order valence-corrected chi connectivity index (χ1v) is 8.78. The Morgan fingerprint density at radius 2 is 1.96 bits per heavy atom. The number of carbonyl (C=O) groups is 1. The van der Waals surface area contributed by atoms with E-state index in [4.69, 9.17) is 21.1 Å². The van der Waals surface area contributed by atoms with Gasteiger partial charge in [0, 0.05) is 5.02 Å². The van der Waals surface area contributed by atoms with Gasteiger partial charge < -0.3 is 14.8 Å². The fourth-order valence-corrected chi connectivity index (χ4v) is 2.54. The lowest BCUT2D eigenvalue weighted by molar-refractivity contribution is -0.128. The van der Waals surface area contributed by atoms with Crippen LogP contribution in [0, 0.1) is 13.8 Å². The van der Waals surface area contributed by atoms with Gasteiger partial charge in [-0.25, -0.2) is 0 Å². The van der Waals surface area contributed by atoms with E-state index in [9.17, 15) is 4.79 Å². The summed E-state index contributed by atoms with van der Waals surface area (Å²) in [6.45, 7) is 6.80. The van der Waals surface area contributed by atoms with Crippen LogP contribution in [0.2, 0.25) is 5.02 Å². The monoisotopic (exact) mass is 361 g/mol. The van der Waals surface area contributed by atoms with Crippen molar-refractivity contribution < 1.29 is 14.3 Å². The van der Waals surface area contributed by atoms with Crippen LogP contribution < -0.4 is 14.8 Å². The summed E-state index contributed by atoms with van der Waals surface area (Å²) in [6, 6.07) is 13.0. The highest BCUT2D eigenvalue weighted by Gasteiger charge is 2.18. The standard InChI is InChI=1S/C20H24ClNO3/c1-4-18(25-17-9-6-8-16(21)13-17)20(23)22-11-12-24-19-10-5-7-14(2)15(19)3/h5-10,13,18H,4,11-12H2,1-3H3,(H,22,23)/t18-/m1/s1. The van der Waals surface area contributed by atoms with Gasteiger partial charge in [-0.15, -0.1) is 0 Å². The first kappa shape index (κ1) is 19.1. The Morgan fingerprint density at radius 1 is 1.20 bits per heavy atom. The van der Waals surface area contributed by atoms with Gasteiger partial charge in [0.25, 0.3) is 5.91 Å². The van der Waals surface area contributed by atoms with Crippen LogP contribution in [0.5, 0.6) is 11.5 Å². The van der Waals surface area contributed by atoms with Gasteiger partial charge in [-0.3, -0.25) is 4.79 Å². The summed E-state index contributed by atoms with van der Waals surface area (Å²) in [5.41, 5.74) is 2.30. The molecule has 2 aromatic carbocycles. The molecule has 25 heavy (non-hydrogen) atoms. The van der Waals surface area contributed by atoms with E-state index in [-0.39, 0.29) is 5.91 Å². The largest absolute Gasteiger partial charge is 0.491 e. The zero-order valence-corrected chi connectivity index (χ0v) is 15.6. The zero-order chi connectivity index (χ0) is 18.2. The molecule has 0 saturated carbocycles. The second kappa shape index (κ2) is 9.33. The Kier molecular flexibility index (Phi) is 7.14. The molecule has 4 nitrogen and oxygen atoms in total. The fraction of sp³-hybridized carbons (Fsp3) is 0.350. The number of nitrogens with one attached hydrogen (secondary N) is 1. The van der Waals surface area contributed by atoms with Gasteiger partial charge in [0.2, 0.25) is 0 Å². The maximum absolute atomic E-state index is 12.3. The Morgan fingerprint density at radius 3 is 2.68 bits per heavy atom. The maximum atomic E-state index is 12.3. The first-order valence-electron chi connectivity index (χ1n) is 8.40. The van der Waals surface area contributed by atoms with Gasteiger partial charge >= 0.3 is 0 Å². The van der Waals surface area contributed by atoms with Gasteiger partial charge in [-0.1, -0.05) is 36.7 Å². The number of aryl methyl sites for hydroxylation is 1. The lowest BCUT2D eigenvalue weighted by Gasteiger charge is -2.18. The quantitative estimate of drug-likeness (QED) is 0.713. The van der Waals surface area contributed by atoms with Crippen molar-refractivity contribution >= 4 is 17.5 Å². The number of ether oxygens (including phenoxy) is 2. The molecule has 1 N–H and O–H groups in total. The van der Waals surface area contributed by atoms with Crippen molar-refractivity contribution in [2.24, 2.45) is 0 Å². The summed E-state index contributed by atoms with van der Waals surface area (Å²) in [6.07, 6.45) is 0.00934. The van der Waals surface area contributed by atoms with E-state index in [1.165, 1.54) is 5.56 Å². The number of hydrogen-bond acceptors (Lipinski definition) is 3. The summed E-state index contributed by atoms with van der Waals surface area (Å²) < 4.78 is 11.5. The molecule has 134 valence electrons. The minimum atomic E-state index is -0.556. The minimum Gasteiger partial charge on any atom is -0.491 e. The third kappa shape index (κ3) is 5.68. The topological polar surface area (TPSA) is 47.6 Å². The van der Waals surface area contributed by atoms with Gasteiger partial charge in [0.1, 0.15) is 18.1 Å². The maximum Gasteiger partial charge on any atom is 0.261 e. The second-order valence-corrected chi connectivity index (χ2v) is 6.25. The van der Waals surface area contributed by atoms with E-state index in [1.807, 2.05) is 39.0 Å². The molecule has 0 aliphatic carbocycles. The van der Waals surface area contributed by atoms with Crippen LogP contribution in [0.25, 0.3) is 0 Å². The molecule has 0 saturated heterocycles. The van der Waals surface area contributed by atoms with Crippen LogP contribution in [0.15, 0.2) is 42.5 Å². The average Bonchev–Trinajstić information content (AvgIpc) is 2.60. The minimum absolute atomic E-state index is 0.160. The van der Waals surface area contributed by atoms with Crippen LogP contribution in [-0.4, -0.2) is 25.2 Å². The molecule has 0 unspecified atom stereocenters. The highest BCUT2D eigenvalue weighted by atomic mass is 35.5. The molecule has 0 radical (unpaired) electrons. The molecule has 0 fully saturated rings. The number of hydrogen-bond donors (Lipinski definition) is 1. The summed E-state index contributed by atoms with van der Waals surface area (Å²) in [7, 11) is 0. The molecule has 1 atom stereocenters. The number of rotatable bonds is 8. The van der Waals surface area contributed by atoms with E-state index in [2.05, 4.69) is 5.32 Å². The lowest BCUT2D eigenvalue weighted by atomic mass is 10.1. The number of amides is 1. The molecular weight excluding hydrogens is 338 g/mol. The Bertz CT molecular complexity index is 718. The Labute approximate surface area is 154 Å². The highest BCUT2D eigenvalue weighted by Crippen LogP contribution is 2.20. The molecule has 2 aromatic rings. The highest BCUT2D eigenvalue weighted by molar-refractivity contribution is 6.30. The predicted molar refractivity (Wildman–Crippen MR) is 101 cm³/mol. The van der Waals surface area contributed by atoms with Crippen molar-refractivity contribution in [1.82, 2.24) is 5.32 Å². The van der Waals surface area contributed by atoms with Gasteiger partial charge in [-0.2, -0.15) is 0 Å². The third-order valence-electron chi connectivity index (χ3n) is 3.95. The van der Waals surface area contributed by atoms with Crippen molar-refractivity contribution in [2.75, 3.05) is 13.2 Å². The fourth-order valence-electron chi connectivity index (χ4n) is 2.36. The van der Waals surface area contributed by atoms with Crippen LogP contribution in [0.1, 0.15) is 24.5 Å². The zero-order valence-electron chi connectivity index (χ0n) is 14.8. The van der Waals surface area contributed by atoms with Gasteiger partial charge in [-0.05, 0) is 55.7 Å². The van der Waals surface area contributed by atoms with Gasteiger partial charge in [0.05, 0.1) is 6.54 Å². The second-order valence-electron chi connectivity index (χ2n) is 5.81. The molecule has 0 aromatic heterocycles. The molecule has 0 aliphatic heterocycles. The van der Waals surface area contributed by atoms with E-state index in [0.717, 1.165) is 11.3 Å². The van der Waals surface area contributed by atoms with Crippen LogP contribution in [0.3, 0.4) is 0 Å². The summed E-state index contributed by atoms with van der Waals surface area (Å²) in [5.74, 6) is 1.27. The molecule has 0 bridgehead atoms. The Hall–Kier alpha value is -2.20. The number of halogens is 1. The van der Waals surface area contributed by atoms with E-state index >= 15 is 0 Å². The molecule has 0 aliphatic rings. The molecule has 5 heteroatoms. The smallest absolute Gasteiger partial charge is 0.261 e. The lowest BCUT2D eigenvalue weighted by Crippen LogP contribution is -2.39. The van der Waals surface area contributed by atoms with Crippen LogP contribution in [0.4, 0.5) is 0 Å². The molecule has 0 spiro atoms. The van der Waals surface area contributed by atoms with E-state index < -0.39 is 6.10 Å². The van der Waals surface area contributed by atoms with Crippen molar-refractivity contribution in [3.63, 3.8) is 0 Å². The molecule has 0 heterocycles. The van der Waals surface area contributed by atoms with Crippen LogP contribution >= 0.6 is 11.6 Å². The summed E-state index contributed by atoms with van der Waals surface area (Å²) >= 11 is 5.94. The van der Waals surface area contributed by atoms with Crippen molar-refractivity contribution in [3.05, 3.63) is 58.6 Å². The van der Waals surface area contributed by atoms with Crippen LogP contribution in [-0.2, 0) is 4.79 Å².